The SMILES string of the molecule is CNCc1ccc(C(F)(F)F)c2c1OCCO2. The van der Waals surface area contributed by atoms with Crippen LogP contribution in [0.3, 0.4) is 0 Å². The van der Waals surface area contributed by atoms with E-state index in [1.807, 2.05) is 0 Å². The van der Waals surface area contributed by atoms with Crippen LogP contribution in [0.15, 0.2) is 12.1 Å². The molecule has 6 heteroatoms. The van der Waals surface area contributed by atoms with E-state index >= 15 is 0 Å². The molecule has 0 bridgehead atoms. The van der Waals surface area contributed by atoms with Crippen molar-refractivity contribution in [3.05, 3.63) is 23.3 Å². The number of nitrogens with one attached hydrogen (secondary N) is 1. The molecule has 1 aliphatic rings. The molecule has 94 valence electrons. The van der Waals surface area contributed by atoms with E-state index in [1.165, 1.54) is 6.07 Å². The molecular weight excluding hydrogens is 235 g/mol. The maximum atomic E-state index is 12.7. The molecule has 0 saturated carbocycles. The lowest BCUT2D eigenvalue weighted by atomic mass is 10.1. The summed E-state index contributed by atoms with van der Waals surface area (Å²) in [5.41, 5.74) is -0.123. The summed E-state index contributed by atoms with van der Waals surface area (Å²) < 4.78 is 48.6. The highest BCUT2D eigenvalue weighted by atomic mass is 19.4. The third kappa shape index (κ3) is 2.31. The van der Waals surface area contributed by atoms with Gasteiger partial charge in [-0.15, -0.1) is 0 Å². The number of ether oxygens (including phenoxy) is 2. The fourth-order valence-corrected chi connectivity index (χ4v) is 1.75. The van der Waals surface area contributed by atoms with Crippen molar-refractivity contribution in [3.63, 3.8) is 0 Å². The van der Waals surface area contributed by atoms with Gasteiger partial charge in [0.1, 0.15) is 18.8 Å². The fraction of sp³-hybridized carbons (Fsp3) is 0.455. The van der Waals surface area contributed by atoms with Crippen molar-refractivity contribution < 1.29 is 22.6 Å². The fourth-order valence-electron chi connectivity index (χ4n) is 1.75. The Morgan fingerprint density at radius 2 is 1.82 bits per heavy atom. The molecule has 0 aliphatic carbocycles. The highest BCUT2D eigenvalue weighted by Crippen LogP contribution is 2.44. The van der Waals surface area contributed by atoms with Gasteiger partial charge in [-0.05, 0) is 13.1 Å². The van der Waals surface area contributed by atoms with Crippen molar-refractivity contribution in [3.8, 4) is 11.5 Å². The second kappa shape index (κ2) is 4.44. The molecule has 1 N–H and O–H groups in total. The molecule has 0 atom stereocenters. The Morgan fingerprint density at radius 1 is 1.18 bits per heavy atom. The van der Waals surface area contributed by atoms with Gasteiger partial charge in [0.15, 0.2) is 11.5 Å². The molecule has 0 fully saturated rings. The lowest BCUT2D eigenvalue weighted by Gasteiger charge is -2.24. The Bertz CT molecular complexity index is 418. The first-order chi connectivity index (χ1) is 8.04. The van der Waals surface area contributed by atoms with Crippen LogP contribution in [0.1, 0.15) is 11.1 Å². The molecular formula is C11H12F3NO2. The third-order valence-corrected chi connectivity index (χ3v) is 2.44. The van der Waals surface area contributed by atoms with Gasteiger partial charge in [-0.1, -0.05) is 6.07 Å². The lowest BCUT2D eigenvalue weighted by Crippen LogP contribution is -2.21. The number of hydrogen-bond acceptors (Lipinski definition) is 3. The Balaban J connectivity index is 2.51. The quantitative estimate of drug-likeness (QED) is 0.869. The Hall–Kier alpha value is -1.43. The molecule has 0 aromatic heterocycles. The van der Waals surface area contributed by atoms with E-state index in [9.17, 15) is 13.2 Å². The van der Waals surface area contributed by atoms with Gasteiger partial charge in [0.2, 0.25) is 0 Å². The van der Waals surface area contributed by atoms with Crippen molar-refractivity contribution in [2.45, 2.75) is 12.7 Å². The average Bonchev–Trinajstić information content (AvgIpc) is 2.28. The zero-order chi connectivity index (χ0) is 12.5. The molecule has 0 amide bonds. The number of halogens is 3. The topological polar surface area (TPSA) is 30.5 Å². The van der Waals surface area contributed by atoms with Crippen molar-refractivity contribution in [2.24, 2.45) is 0 Å². The van der Waals surface area contributed by atoms with Gasteiger partial charge in [-0.25, -0.2) is 0 Å². The molecule has 0 radical (unpaired) electrons. The van der Waals surface area contributed by atoms with Crippen molar-refractivity contribution in [1.82, 2.24) is 5.32 Å². The number of rotatable bonds is 2. The molecule has 17 heavy (non-hydrogen) atoms. The Morgan fingerprint density at radius 3 is 2.41 bits per heavy atom. The molecule has 3 nitrogen and oxygen atoms in total. The second-order valence-corrected chi connectivity index (χ2v) is 3.66. The first kappa shape index (κ1) is 12.0. The summed E-state index contributed by atoms with van der Waals surface area (Å²) in [6.07, 6.45) is -4.43. The Kier molecular flexibility index (Phi) is 3.15. The minimum Gasteiger partial charge on any atom is -0.486 e. The van der Waals surface area contributed by atoms with Gasteiger partial charge in [0, 0.05) is 12.1 Å². The minimum absolute atomic E-state index is 0.138. The summed E-state index contributed by atoms with van der Waals surface area (Å²) in [4.78, 5) is 0. The summed E-state index contributed by atoms with van der Waals surface area (Å²) in [5, 5.41) is 2.88. The van der Waals surface area contributed by atoms with Crippen LogP contribution in [0.4, 0.5) is 13.2 Å². The summed E-state index contributed by atoms with van der Waals surface area (Å²) in [7, 11) is 1.72. The maximum absolute atomic E-state index is 12.7. The third-order valence-electron chi connectivity index (χ3n) is 2.44. The summed E-state index contributed by atoms with van der Waals surface area (Å²) >= 11 is 0. The highest BCUT2D eigenvalue weighted by Gasteiger charge is 2.37. The van der Waals surface area contributed by atoms with Crippen molar-refractivity contribution >= 4 is 0 Å². The van der Waals surface area contributed by atoms with Crippen molar-refractivity contribution in [1.29, 1.82) is 0 Å². The predicted molar refractivity (Wildman–Crippen MR) is 55.2 cm³/mol. The van der Waals surface area contributed by atoms with Crippen LogP contribution in [-0.4, -0.2) is 20.3 Å². The van der Waals surface area contributed by atoms with Crippen molar-refractivity contribution in [2.75, 3.05) is 20.3 Å². The van der Waals surface area contributed by atoms with E-state index in [0.717, 1.165) is 6.07 Å². The van der Waals surface area contributed by atoms with Gasteiger partial charge < -0.3 is 14.8 Å². The molecule has 1 aromatic rings. The second-order valence-electron chi connectivity index (χ2n) is 3.66. The zero-order valence-electron chi connectivity index (χ0n) is 9.23. The molecule has 1 aromatic carbocycles. The largest absolute Gasteiger partial charge is 0.486 e. The van der Waals surface area contributed by atoms with Crippen LogP contribution in [0.25, 0.3) is 0 Å². The molecule has 2 rings (SSSR count). The first-order valence-electron chi connectivity index (χ1n) is 5.17. The average molecular weight is 247 g/mol. The summed E-state index contributed by atoms with van der Waals surface area (Å²) in [5.74, 6) is -0.00285. The normalized spacial score (nSPS) is 14.8. The van der Waals surface area contributed by atoms with E-state index < -0.39 is 11.7 Å². The molecule has 1 aliphatic heterocycles. The number of benzene rings is 1. The van der Waals surface area contributed by atoms with E-state index in [2.05, 4.69) is 5.32 Å². The van der Waals surface area contributed by atoms with Crippen LogP contribution in [-0.2, 0) is 12.7 Å². The first-order valence-corrected chi connectivity index (χ1v) is 5.17. The molecule has 1 heterocycles. The van der Waals surface area contributed by atoms with Gasteiger partial charge in [-0.2, -0.15) is 13.2 Å². The Labute approximate surface area is 96.5 Å². The number of fused-ring (bicyclic) bond motifs is 1. The summed E-state index contributed by atoms with van der Waals surface area (Å²) in [6.45, 7) is 0.841. The van der Waals surface area contributed by atoms with E-state index in [0.29, 0.717) is 12.1 Å². The van der Waals surface area contributed by atoms with Crippen LogP contribution in [0.5, 0.6) is 11.5 Å². The van der Waals surface area contributed by atoms with Gasteiger partial charge in [0.05, 0.1) is 0 Å². The molecule has 0 unspecified atom stereocenters. The van der Waals surface area contributed by atoms with E-state index in [1.54, 1.807) is 7.05 Å². The van der Waals surface area contributed by atoms with Crippen LogP contribution < -0.4 is 14.8 Å². The molecule has 0 saturated heterocycles. The molecule has 0 spiro atoms. The van der Waals surface area contributed by atoms with Gasteiger partial charge in [-0.3, -0.25) is 0 Å². The standard InChI is InChI=1S/C11H12F3NO2/c1-15-6-7-2-3-8(11(12,13)14)10-9(7)16-4-5-17-10/h2-3,15H,4-6H2,1H3. The summed E-state index contributed by atoms with van der Waals surface area (Å²) in [6, 6.07) is 2.44. The predicted octanol–water partition coefficient (Wildman–Crippen LogP) is 2.20. The van der Waals surface area contributed by atoms with Crippen LogP contribution in [0.2, 0.25) is 0 Å². The van der Waals surface area contributed by atoms with E-state index in [-0.39, 0.29) is 24.7 Å². The van der Waals surface area contributed by atoms with Crippen LogP contribution >= 0.6 is 0 Å². The van der Waals surface area contributed by atoms with Gasteiger partial charge in [0.25, 0.3) is 0 Å². The van der Waals surface area contributed by atoms with E-state index in [4.69, 9.17) is 9.47 Å². The highest BCUT2D eigenvalue weighted by molar-refractivity contribution is 5.53. The van der Waals surface area contributed by atoms with Crippen LogP contribution in [0, 0.1) is 0 Å². The minimum atomic E-state index is -4.43. The smallest absolute Gasteiger partial charge is 0.420 e. The number of alkyl halides is 3. The monoisotopic (exact) mass is 247 g/mol. The number of hydrogen-bond donors (Lipinski definition) is 1. The zero-order valence-corrected chi connectivity index (χ0v) is 9.23. The lowest BCUT2D eigenvalue weighted by molar-refractivity contribution is -0.139. The maximum Gasteiger partial charge on any atom is 0.420 e. The van der Waals surface area contributed by atoms with Gasteiger partial charge >= 0.3 is 6.18 Å².